The summed E-state index contributed by atoms with van der Waals surface area (Å²) in [6.07, 6.45) is -2.88. The molecule has 2 heterocycles. The number of H-pyrrole nitrogens is 1. The van der Waals surface area contributed by atoms with Gasteiger partial charge >= 0.3 is 0 Å². The summed E-state index contributed by atoms with van der Waals surface area (Å²) in [5.74, 6) is 0.735. The van der Waals surface area contributed by atoms with Gasteiger partial charge in [-0.1, -0.05) is 39.7 Å². The molecule has 0 radical (unpaired) electrons. The van der Waals surface area contributed by atoms with E-state index < -0.39 is 37.3 Å². The van der Waals surface area contributed by atoms with Crippen molar-refractivity contribution in [2.45, 2.75) is 96.4 Å². The Morgan fingerprint density at radius 3 is 2.51 bits per heavy atom. The lowest BCUT2D eigenvalue weighted by Gasteiger charge is -2.39. The van der Waals surface area contributed by atoms with Crippen LogP contribution in [-0.4, -0.2) is 80.5 Å². The van der Waals surface area contributed by atoms with Gasteiger partial charge < -0.3 is 40.4 Å². The molecule has 3 rings (SSSR count). The summed E-state index contributed by atoms with van der Waals surface area (Å²) in [4.78, 5) is 11.1. The van der Waals surface area contributed by atoms with Crippen LogP contribution < -0.4 is 15.2 Å². The van der Waals surface area contributed by atoms with Gasteiger partial charge in [-0.15, -0.1) is 5.10 Å². The molecule has 6 atom stereocenters. The van der Waals surface area contributed by atoms with Crippen molar-refractivity contribution in [3.63, 3.8) is 0 Å². The fourth-order valence-corrected chi connectivity index (χ4v) is 4.59. The number of benzene rings is 1. The first-order chi connectivity index (χ1) is 18.5. The largest absolute Gasteiger partial charge is 0.494 e. The van der Waals surface area contributed by atoms with Crippen LogP contribution in [0.15, 0.2) is 18.2 Å². The Morgan fingerprint density at radius 1 is 1.13 bits per heavy atom. The maximum absolute atomic E-state index is 11.1. The van der Waals surface area contributed by atoms with Crippen LogP contribution in [0.5, 0.6) is 11.6 Å². The van der Waals surface area contributed by atoms with Crippen LogP contribution >= 0.6 is 0 Å². The van der Waals surface area contributed by atoms with Crippen LogP contribution in [0.2, 0.25) is 0 Å². The Balaban J connectivity index is 1.65. The number of carbonyl (C=O) groups excluding carboxylic acids is 1. The molecule has 1 fully saturated rings. The zero-order valence-electron chi connectivity index (χ0n) is 23.2. The van der Waals surface area contributed by atoms with Crippen LogP contribution in [0.4, 0.5) is 0 Å². The van der Waals surface area contributed by atoms with Crippen molar-refractivity contribution in [3.8, 4) is 11.6 Å². The second-order valence-electron chi connectivity index (χ2n) is 10.7. The molecule has 0 bridgehead atoms. The zero-order chi connectivity index (χ0) is 28.7. The molecule has 0 saturated carbocycles. The zero-order valence-corrected chi connectivity index (χ0v) is 23.2. The number of nitrogens with one attached hydrogen (secondary N) is 1. The number of primary amides is 1. The van der Waals surface area contributed by atoms with Gasteiger partial charge in [0, 0.05) is 23.6 Å². The first kappa shape index (κ1) is 30.8. The van der Waals surface area contributed by atoms with E-state index in [4.69, 9.17) is 19.9 Å². The molecule has 1 unspecified atom stereocenters. The monoisotopic (exact) mass is 549 g/mol. The molecule has 1 aliphatic rings. The average molecular weight is 550 g/mol. The van der Waals surface area contributed by atoms with Gasteiger partial charge in [-0.25, -0.2) is 0 Å². The van der Waals surface area contributed by atoms with Crippen LogP contribution in [0, 0.1) is 12.8 Å². The topological polar surface area (TPSA) is 180 Å². The van der Waals surface area contributed by atoms with Crippen molar-refractivity contribution in [3.05, 3.63) is 40.6 Å². The van der Waals surface area contributed by atoms with E-state index in [1.54, 1.807) is 0 Å². The van der Waals surface area contributed by atoms with Crippen molar-refractivity contribution in [1.29, 1.82) is 0 Å². The van der Waals surface area contributed by atoms with Gasteiger partial charge in [0.1, 0.15) is 30.2 Å². The summed E-state index contributed by atoms with van der Waals surface area (Å²) >= 11 is 0. The summed E-state index contributed by atoms with van der Waals surface area (Å²) in [5.41, 5.74) is 9.00. The standard InChI is InChI=1S/C28H43N3O8/c1-15(2)22-20(27(31-30-22)39-28-25(35)24(34)23(33)21(14-32)38-28)13-18-9-10-19(12-17(18)4)37-11-7-5-6-8-16(3)26(29)36/h9-10,12,15-16,21,23-25,28,32-35H,5-8,11,13-14H2,1-4H3,(H2,29,36)(H,30,31)/t16?,21-,23-,24+,25-,28+/m1/s1. The Bertz CT molecular complexity index is 1070. The summed E-state index contributed by atoms with van der Waals surface area (Å²) in [6.45, 7) is 7.93. The molecule has 39 heavy (non-hydrogen) atoms. The number of rotatable bonds is 14. The van der Waals surface area contributed by atoms with Crippen LogP contribution in [0.3, 0.4) is 0 Å². The van der Waals surface area contributed by atoms with Crippen molar-refractivity contribution >= 4 is 5.91 Å². The van der Waals surface area contributed by atoms with Crippen LogP contribution in [-0.2, 0) is 16.0 Å². The van der Waals surface area contributed by atoms with Gasteiger partial charge in [0.15, 0.2) is 0 Å². The van der Waals surface area contributed by atoms with Crippen molar-refractivity contribution in [2.24, 2.45) is 11.7 Å². The highest BCUT2D eigenvalue weighted by atomic mass is 16.7. The summed E-state index contributed by atoms with van der Waals surface area (Å²) in [6, 6.07) is 5.90. The first-order valence-electron chi connectivity index (χ1n) is 13.6. The van der Waals surface area contributed by atoms with E-state index in [9.17, 15) is 25.2 Å². The SMILES string of the molecule is Cc1cc(OCCCCCC(C)C(N)=O)ccc1Cc1c(O[C@@H]2O[C@H](CO)[C@@H](O)[C@H](O)[C@H]2O)n[nH]c1C(C)C. The average Bonchev–Trinajstić information content (AvgIpc) is 3.29. The number of hydrogen-bond acceptors (Lipinski definition) is 9. The number of nitrogens with zero attached hydrogens (tertiary/aromatic N) is 1. The Morgan fingerprint density at radius 2 is 1.87 bits per heavy atom. The fraction of sp³-hybridized carbons (Fsp3) is 0.643. The molecule has 2 aromatic rings. The van der Waals surface area contributed by atoms with Gasteiger partial charge in [-0.3, -0.25) is 9.89 Å². The molecular formula is C28H43N3O8. The lowest BCUT2D eigenvalue weighted by molar-refractivity contribution is -0.278. The molecule has 1 aromatic heterocycles. The third-order valence-electron chi connectivity index (χ3n) is 7.23. The number of amides is 1. The van der Waals surface area contributed by atoms with Gasteiger partial charge in [0.2, 0.25) is 18.1 Å². The summed E-state index contributed by atoms with van der Waals surface area (Å²) < 4.78 is 17.3. The predicted molar refractivity (Wildman–Crippen MR) is 143 cm³/mol. The molecule has 11 nitrogen and oxygen atoms in total. The number of carbonyl (C=O) groups is 1. The van der Waals surface area contributed by atoms with Gasteiger partial charge in [-0.2, -0.15) is 0 Å². The number of aromatic nitrogens is 2. The number of ether oxygens (including phenoxy) is 3. The van der Waals surface area contributed by atoms with Crippen molar-refractivity contribution < 1.29 is 39.4 Å². The van der Waals surface area contributed by atoms with E-state index in [2.05, 4.69) is 10.2 Å². The second-order valence-corrected chi connectivity index (χ2v) is 10.7. The number of aliphatic hydroxyl groups is 4. The van der Waals surface area contributed by atoms with E-state index in [1.807, 2.05) is 45.9 Å². The highest BCUT2D eigenvalue weighted by Gasteiger charge is 2.45. The molecule has 1 amide bonds. The van der Waals surface area contributed by atoms with Gasteiger partial charge in [0.05, 0.1) is 13.2 Å². The molecule has 0 aliphatic carbocycles. The fourth-order valence-electron chi connectivity index (χ4n) is 4.59. The molecular weight excluding hydrogens is 506 g/mol. The molecule has 7 N–H and O–H groups in total. The number of aryl methyl sites for hydroxylation is 1. The van der Waals surface area contributed by atoms with Crippen LogP contribution in [0.25, 0.3) is 0 Å². The lowest BCUT2D eigenvalue weighted by atomic mass is 9.96. The van der Waals surface area contributed by atoms with Crippen LogP contribution in [0.1, 0.15) is 74.8 Å². The Hall–Kier alpha value is -2.70. The van der Waals surface area contributed by atoms with E-state index in [-0.39, 0.29) is 23.6 Å². The summed E-state index contributed by atoms with van der Waals surface area (Å²) in [7, 11) is 0. The number of nitrogens with two attached hydrogens (primary N) is 1. The van der Waals surface area contributed by atoms with E-state index >= 15 is 0 Å². The van der Waals surface area contributed by atoms with Gasteiger partial charge in [-0.05, 0) is 48.9 Å². The van der Waals surface area contributed by atoms with E-state index in [0.29, 0.717) is 13.0 Å². The molecule has 0 spiro atoms. The number of aliphatic hydroxyl groups excluding tert-OH is 4. The smallest absolute Gasteiger partial charge is 0.238 e. The van der Waals surface area contributed by atoms with E-state index in [1.165, 1.54) is 0 Å². The van der Waals surface area contributed by atoms with E-state index in [0.717, 1.165) is 53.8 Å². The number of aromatic amines is 1. The number of hydrogen-bond donors (Lipinski definition) is 6. The second kappa shape index (κ2) is 14.1. The third-order valence-corrected chi connectivity index (χ3v) is 7.23. The maximum Gasteiger partial charge on any atom is 0.238 e. The normalized spacial score (nSPS) is 24.1. The number of unbranched alkanes of at least 4 members (excludes halogenated alkanes) is 2. The van der Waals surface area contributed by atoms with Gasteiger partial charge in [0.25, 0.3) is 0 Å². The first-order valence-corrected chi connectivity index (χ1v) is 13.6. The minimum absolute atomic E-state index is 0.101. The minimum Gasteiger partial charge on any atom is -0.494 e. The summed E-state index contributed by atoms with van der Waals surface area (Å²) in [5, 5.41) is 47.4. The highest BCUT2D eigenvalue weighted by molar-refractivity contribution is 5.76. The maximum atomic E-state index is 11.1. The highest BCUT2D eigenvalue weighted by Crippen LogP contribution is 2.32. The molecule has 1 aromatic carbocycles. The Kier molecular flexibility index (Phi) is 11.1. The van der Waals surface area contributed by atoms with Crippen molar-refractivity contribution in [1.82, 2.24) is 10.2 Å². The Labute approximate surface area is 229 Å². The van der Waals surface area contributed by atoms with Crippen molar-refractivity contribution in [2.75, 3.05) is 13.2 Å². The lowest BCUT2D eigenvalue weighted by Crippen LogP contribution is -2.60. The third kappa shape index (κ3) is 7.92. The minimum atomic E-state index is -1.54. The molecule has 11 heteroatoms. The molecule has 1 saturated heterocycles. The molecule has 218 valence electrons. The quantitative estimate of drug-likeness (QED) is 0.191. The molecule has 1 aliphatic heterocycles. The predicted octanol–water partition coefficient (Wildman–Crippen LogP) is 1.67.